The molecule has 0 amide bonds. The summed E-state index contributed by atoms with van der Waals surface area (Å²) < 4.78 is 14.9. The Morgan fingerprint density at radius 2 is 1.84 bits per heavy atom. The zero-order chi connectivity index (χ0) is 14.4. The van der Waals surface area contributed by atoms with Crippen molar-refractivity contribution in [3.05, 3.63) is 42.0 Å². The summed E-state index contributed by atoms with van der Waals surface area (Å²) in [4.78, 5) is 22.7. The molecule has 0 aliphatic rings. The fourth-order valence-corrected chi connectivity index (χ4v) is 1.61. The van der Waals surface area contributed by atoms with E-state index in [1.807, 2.05) is 0 Å². The van der Waals surface area contributed by atoms with E-state index in [1.165, 1.54) is 21.1 Å². The van der Waals surface area contributed by atoms with Gasteiger partial charge in [0.1, 0.15) is 5.75 Å². The molecule has 0 aliphatic carbocycles. The molecule has 5 nitrogen and oxygen atoms in total. The minimum Gasteiger partial charge on any atom is -0.496 e. The van der Waals surface area contributed by atoms with Crippen molar-refractivity contribution in [2.75, 3.05) is 14.2 Å². The minimum atomic E-state index is -0.930. The summed E-state index contributed by atoms with van der Waals surface area (Å²) in [5.74, 6) is -0.670. The Balaban J connectivity index is 3.19. The van der Waals surface area contributed by atoms with Gasteiger partial charge in [0.25, 0.3) is 0 Å². The van der Waals surface area contributed by atoms with Crippen LogP contribution in [0.15, 0.2) is 36.4 Å². The number of carbonyl (C=O) groups is 2. The van der Waals surface area contributed by atoms with E-state index >= 15 is 0 Å². The van der Waals surface area contributed by atoms with Crippen LogP contribution in [0.4, 0.5) is 0 Å². The highest BCUT2D eigenvalue weighted by atomic mass is 16.6. The molecule has 5 heteroatoms. The fourth-order valence-electron chi connectivity index (χ4n) is 1.61. The molecule has 19 heavy (non-hydrogen) atoms. The normalized spacial score (nSPS) is 11.3. The Labute approximate surface area is 111 Å². The van der Waals surface area contributed by atoms with E-state index in [0.29, 0.717) is 11.3 Å². The maximum Gasteiger partial charge on any atom is 0.337 e. The monoisotopic (exact) mass is 264 g/mol. The topological polar surface area (TPSA) is 61.8 Å². The summed E-state index contributed by atoms with van der Waals surface area (Å²) in [5, 5.41) is 0. The first-order chi connectivity index (χ1) is 9.01. The number of esters is 2. The van der Waals surface area contributed by atoms with E-state index in [0.717, 1.165) is 0 Å². The lowest BCUT2D eigenvalue weighted by Gasteiger charge is -2.20. The third kappa shape index (κ3) is 3.58. The third-order valence-corrected chi connectivity index (χ3v) is 2.47. The minimum absolute atomic E-state index is 0.0298. The van der Waals surface area contributed by atoms with Crippen LogP contribution in [-0.4, -0.2) is 26.2 Å². The molecule has 1 atom stereocenters. The van der Waals surface area contributed by atoms with Gasteiger partial charge in [-0.1, -0.05) is 24.8 Å². The van der Waals surface area contributed by atoms with Crippen LogP contribution in [0.5, 0.6) is 5.75 Å². The summed E-state index contributed by atoms with van der Waals surface area (Å²) in [6, 6.07) is 6.92. The maximum absolute atomic E-state index is 11.6. The average Bonchev–Trinajstić information content (AvgIpc) is 2.42. The molecule has 0 saturated heterocycles. The van der Waals surface area contributed by atoms with Gasteiger partial charge in [-0.05, 0) is 6.07 Å². The van der Waals surface area contributed by atoms with Crippen LogP contribution in [0.2, 0.25) is 0 Å². The summed E-state index contributed by atoms with van der Waals surface area (Å²) in [5.41, 5.74) is 0.567. The van der Waals surface area contributed by atoms with Crippen LogP contribution in [0.25, 0.3) is 0 Å². The Bertz CT molecular complexity index is 492. The van der Waals surface area contributed by atoms with E-state index in [1.54, 1.807) is 24.3 Å². The van der Waals surface area contributed by atoms with E-state index in [-0.39, 0.29) is 5.57 Å². The quantitative estimate of drug-likeness (QED) is 0.601. The zero-order valence-corrected chi connectivity index (χ0v) is 11.1. The van der Waals surface area contributed by atoms with Crippen molar-refractivity contribution in [3.8, 4) is 5.75 Å². The highest BCUT2D eigenvalue weighted by molar-refractivity contribution is 5.89. The van der Waals surface area contributed by atoms with Crippen molar-refractivity contribution in [2.24, 2.45) is 0 Å². The van der Waals surface area contributed by atoms with Crippen molar-refractivity contribution >= 4 is 11.9 Å². The average molecular weight is 264 g/mol. The predicted octanol–water partition coefficient (Wildman–Crippen LogP) is 2.03. The van der Waals surface area contributed by atoms with Crippen molar-refractivity contribution in [1.29, 1.82) is 0 Å². The maximum atomic E-state index is 11.6. The van der Waals surface area contributed by atoms with Gasteiger partial charge in [0.05, 0.1) is 19.8 Å². The number of ether oxygens (including phenoxy) is 3. The molecule has 0 aromatic heterocycles. The molecule has 0 bridgehead atoms. The Hall–Kier alpha value is -2.30. The summed E-state index contributed by atoms with van der Waals surface area (Å²) in [7, 11) is 2.73. The number of para-hydroxylation sites is 1. The van der Waals surface area contributed by atoms with Crippen LogP contribution < -0.4 is 4.74 Å². The van der Waals surface area contributed by atoms with Gasteiger partial charge in [-0.2, -0.15) is 0 Å². The van der Waals surface area contributed by atoms with Gasteiger partial charge in [-0.15, -0.1) is 0 Å². The number of carbonyl (C=O) groups excluding carboxylic acids is 2. The molecule has 1 aromatic carbocycles. The first kappa shape index (κ1) is 14.8. The smallest absolute Gasteiger partial charge is 0.337 e. The predicted molar refractivity (Wildman–Crippen MR) is 68.7 cm³/mol. The molecule has 0 unspecified atom stereocenters. The van der Waals surface area contributed by atoms with Crippen LogP contribution in [0, 0.1) is 0 Å². The van der Waals surface area contributed by atoms with Crippen LogP contribution >= 0.6 is 0 Å². The lowest BCUT2D eigenvalue weighted by atomic mass is 10.0. The second-order valence-electron chi connectivity index (χ2n) is 3.75. The standard InChI is InChI=1S/C14H16O5/c1-9(14(16)18-4)13(19-10(2)15)11-7-5-6-8-12(11)17-3/h5-8,13H,1H2,2-4H3/t13-/m0/s1. The molecule has 0 radical (unpaired) electrons. The van der Waals surface area contributed by atoms with E-state index < -0.39 is 18.0 Å². The van der Waals surface area contributed by atoms with Gasteiger partial charge in [-0.3, -0.25) is 4.79 Å². The number of methoxy groups -OCH3 is 2. The van der Waals surface area contributed by atoms with Gasteiger partial charge in [0, 0.05) is 12.5 Å². The lowest BCUT2D eigenvalue weighted by Crippen LogP contribution is -2.18. The highest BCUT2D eigenvalue weighted by Crippen LogP contribution is 2.32. The van der Waals surface area contributed by atoms with Gasteiger partial charge in [0.15, 0.2) is 6.10 Å². The molecule has 0 heterocycles. The first-order valence-corrected chi connectivity index (χ1v) is 5.58. The van der Waals surface area contributed by atoms with Crippen molar-refractivity contribution in [3.63, 3.8) is 0 Å². The van der Waals surface area contributed by atoms with Crippen molar-refractivity contribution < 1.29 is 23.8 Å². The van der Waals surface area contributed by atoms with Crippen LogP contribution in [0.3, 0.4) is 0 Å². The molecule has 0 spiro atoms. The second-order valence-corrected chi connectivity index (χ2v) is 3.75. The van der Waals surface area contributed by atoms with E-state index in [2.05, 4.69) is 11.3 Å². The van der Waals surface area contributed by atoms with Gasteiger partial charge in [0.2, 0.25) is 0 Å². The molecule has 0 saturated carbocycles. The molecule has 0 fully saturated rings. The first-order valence-electron chi connectivity index (χ1n) is 5.58. The summed E-state index contributed by atoms with van der Waals surface area (Å²) in [6.45, 7) is 4.88. The number of benzene rings is 1. The SMILES string of the molecule is C=C(C(=O)OC)[C@H](OC(C)=O)c1ccccc1OC. The van der Waals surface area contributed by atoms with E-state index in [4.69, 9.17) is 9.47 Å². The number of rotatable bonds is 5. The molecule has 102 valence electrons. The largest absolute Gasteiger partial charge is 0.496 e. The van der Waals surface area contributed by atoms with Gasteiger partial charge < -0.3 is 14.2 Å². The number of hydrogen-bond acceptors (Lipinski definition) is 5. The Kier molecular flexibility index (Phi) is 5.11. The van der Waals surface area contributed by atoms with Gasteiger partial charge in [-0.25, -0.2) is 4.79 Å². The molecule has 0 N–H and O–H groups in total. The van der Waals surface area contributed by atoms with Crippen LogP contribution in [0.1, 0.15) is 18.6 Å². The second kappa shape index (κ2) is 6.58. The van der Waals surface area contributed by atoms with Gasteiger partial charge >= 0.3 is 11.9 Å². The summed E-state index contributed by atoms with van der Waals surface area (Å²) >= 11 is 0. The Morgan fingerprint density at radius 3 is 2.37 bits per heavy atom. The molecule has 1 aromatic rings. The summed E-state index contributed by atoms with van der Waals surface area (Å²) in [6.07, 6.45) is -0.930. The lowest BCUT2D eigenvalue weighted by molar-refractivity contribution is -0.147. The van der Waals surface area contributed by atoms with E-state index in [9.17, 15) is 9.59 Å². The fraction of sp³-hybridized carbons (Fsp3) is 0.286. The molecular weight excluding hydrogens is 248 g/mol. The highest BCUT2D eigenvalue weighted by Gasteiger charge is 2.27. The van der Waals surface area contributed by atoms with Crippen LogP contribution in [-0.2, 0) is 19.1 Å². The Morgan fingerprint density at radius 1 is 1.21 bits per heavy atom. The third-order valence-electron chi connectivity index (χ3n) is 2.47. The molecule has 1 rings (SSSR count). The zero-order valence-electron chi connectivity index (χ0n) is 11.1. The van der Waals surface area contributed by atoms with Crippen molar-refractivity contribution in [2.45, 2.75) is 13.0 Å². The molecule has 0 aliphatic heterocycles. The van der Waals surface area contributed by atoms with Crippen molar-refractivity contribution in [1.82, 2.24) is 0 Å². The number of hydrogen-bond donors (Lipinski definition) is 0. The molecular formula is C14H16O5.